The van der Waals surface area contributed by atoms with Crippen LogP contribution in [-0.2, 0) is 0 Å². The third-order valence-corrected chi connectivity index (χ3v) is 20.3. The minimum atomic E-state index is -3.22. The van der Waals surface area contributed by atoms with Gasteiger partial charge in [-0.3, -0.25) is 0 Å². The molecule has 1 atom stereocenters. The second-order valence-corrected chi connectivity index (χ2v) is 26.7. The molecule has 0 amide bonds. The van der Waals surface area contributed by atoms with Crippen molar-refractivity contribution >= 4 is 86.0 Å². The minimum absolute atomic E-state index is 0.276. The summed E-state index contributed by atoms with van der Waals surface area (Å²) in [5.41, 5.74) is 8.42. The van der Waals surface area contributed by atoms with E-state index in [1.807, 2.05) is 24.0 Å². The Bertz CT molecular complexity index is 1720. The van der Waals surface area contributed by atoms with Crippen LogP contribution < -0.4 is 9.80 Å². The average molecular weight is 806 g/mol. The highest BCUT2D eigenvalue weighted by atomic mass is 35.9. The lowest BCUT2D eigenvalue weighted by molar-refractivity contribution is 0.820. The van der Waals surface area contributed by atoms with E-state index >= 15 is 0 Å². The lowest BCUT2D eigenvalue weighted by atomic mass is 9.91. The number of halogens is 5. The Labute approximate surface area is 311 Å². The largest absolute Gasteiger partial charge is 0.301 e. The standard InChI is InChI=1S/C28H37Cl5N5P3.C7H8/c1-18(2)22-11-9-12-23(19(3)4)27(22)37-15-16-38(28-24(20(5)6)13-10-14-25(28)21(7)8)26(37)17-39(29)34-40(30,31)36-41(32,33)35-39;1-7-5-3-2-4-6-7/h9-21H,1-8H3;2-6H,1H3. The maximum absolute atomic E-state index is 7.22. The summed E-state index contributed by atoms with van der Waals surface area (Å²) in [6.45, 7) is 16.5. The van der Waals surface area contributed by atoms with E-state index in [9.17, 15) is 0 Å². The van der Waals surface area contributed by atoms with Gasteiger partial charge in [-0.05, 0) is 109 Å². The SMILES string of the molecule is CC(C)c1cccc(C(C)C)c1N1C=CN(c2c(C(C)C)cccc2C(C)C)C1=C[P@]1(Cl)=NP(Cl)(Cl)=NP(Cl)(Cl)=N1.Cc1ccccc1. The maximum Gasteiger partial charge on any atom is 0.256 e. The molecule has 5 nitrogen and oxygen atoms in total. The molecule has 0 fully saturated rings. The highest BCUT2D eigenvalue weighted by molar-refractivity contribution is 8.23. The summed E-state index contributed by atoms with van der Waals surface area (Å²) in [4.78, 5) is 4.38. The van der Waals surface area contributed by atoms with Gasteiger partial charge in [0, 0.05) is 18.2 Å². The molecule has 0 aliphatic carbocycles. The summed E-state index contributed by atoms with van der Waals surface area (Å²) in [6.07, 6.45) is 4.18. The van der Waals surface area contributed by atoms with Crippen LogP contribution in [-0.4, -0.2) is 0 Å². The number of rotatable bonds is 7. The van der Waals surface area contributed by atoms with Gasteiger partial charge in [-0.25, -0.2) is 0 Å². The normalized spacial score (nSPS) is 19.7. The van der Waals surface area contributed by atoms with Gasteiger partial charge in [0.25, 0.3) is 11.8 Å². The van der Waals surface area contributed by atoms with Gasteiger partial charge >= 0.3 is 0 Å². The molecular formula is C35H45Cl5N5P3. The molecule has 0 unspecified atom stereocenters. The zero-order valence-electron chi connectivity index (χ0n) is 28.9. The van der Waals surface area contributed by atoms with Crippen molar-refractivity contribution < 1.29 is 0 Å². The second-order valence-electron chi connectivity index (χ2n) is 13.1. The Balaban J connectivity index is 0.000000659. The van der Waals surface area contributed by atoms with Crippen LogP contribution in [0.1, 0.15) is 107 Å². The topological polar surface area (TPSA) is 43.6 Å². The molecule has 0 radical (unpaired) electrons. The highest BCUT2D eigenvalue weighted by Gasteiger charge is 2.36. The Morgan fingerprint density at radius 2 is 0.896 bits per heavy atom. The van der Waals surface area contributed by atoms with Crippen molar-refractivity contribution in [3.63, 3.8) is 0 Å². The van der Waals surface area contributed by atoms with E-state index in [4.69, 9.17) is 56.2 Å². The van der Waals surface area contributed by atoms with E-state index in [-0.39, 0.29) is 23.7 Å². The molecule has 2 aliphatic rings. The summed E-state index contributed by atoms with van der Waals surface area (Å²) in [6, 6.07) is 23.3. The second kappa shape index (κ2) is 16.0. The van der Waals surface area contributed by atoms with Crippen LogP contribution in [0.4, 0.5) is 11.4 Å². The van der Waals surface area contributed by atoms with Crippen LogP contribution in [0, 0.1) is 6.92 Å². The number of hydrogen-bond donors (Lipinski definition) is 0. The van der Waals surface area contributed by atoms with Crippen LogP contribution in [0.2, 0.25) is 0 Å². The number of benzene rings is 3. The predicted molar refractivity (Wildman–Crippen MR) is 220 cm³/mol. The molecule has 0 spiro atoms. The van der Waals surface area contributed by atoms with E-state index < -0.39 is 18.4 Å². The zero-order chi connectivity index (χ0) is 35.6. The number of aryl methyl sites for hydroxylation is 1. The monoisotopic (exact) mass is 803 g/mol. The van der Waals surface area contributed by atoms with E-state index in [0.29, 0.717) is 0 Å². The molecule has 2 aliphatic heterocycles. The molecule has 260 valence electrons. The fourth-order valence-corrected chi connectivity index (χ4v) is 23.3. The minimum Gasteiger partial charge on any atom is -0.301 e. The zero-order valence-corrected chi connectivity index (χ0v) is 35.3. The molecule has 5 rings (SSSR count). The van der Waals surface area contributed by atoms with Crippen LogP contribution in [0.25, 0.3) is 0 Å². The number of para-hydroxylation sites is 2. The summed E-state index contributed by atoms with van der Waals surface area (Å²) < 4.78 is 13.3. The lowest BCUT2D eigenvalue weighted by Gasteiger charge is -2.34. The average Bonchev–Trinajstić information content (AvgIpc) is 3.36. The molecule has 0 aromatic heterocycles. The molecule has 13 heteroatoms. The number of nitrogens with zero attached hydrogens (tertiary/aromatic N) is 5. The molecule has 2 heterocycles. The first kappa shape index (κ1) is 39.7. The fraction of sp³-hybridized carbons (Fsp3) is 0.371. The van der Waals surface area contributed by atoms with Gasteiger partial charge in [0.1, 0.15) is 5.82 Å². The Kier molecular flexibility index (Phi) is 13.3. The quantitative estimate of drug-likeness (QED) is 0.223. The van der Waals surface area contributed by atoms with Crippen LogP contribution in [0.3, 0.4) is 0 Å². The van der Waals surface area contributed by atoms with E-state index in [1.54, 1.807) is 0 Å². The first-order valence-corrected chi connectivity index (χ1v) is 25.7. The molecule has 48 heavy (non-hydrogen) atoms. The van der Waals surface area contributed by atoms with Crippen molar-refractivity contribution in [2.24, 2.45) is 13.5 Å². The molecular weight excluding hydrogens is 761 g/mol. The van der Waals surface area contributed by atoms with E-state index in [1.165, 1.54) is 27.8 Å². The van der Waals surface area contributed by atoms with Gasteiger partial charge in [-0.2, -0.15) is 13.5 Å². The van der Waals surface area contributed by atoms with Crippen LogP contribution >= 0.6 is 74.6 Å². The van der Waals surface area contributed by atoms with Gasteiger partial charge < -0.3 is 9.80 Å². The highest BCUT2D eigenvalue weighted by Crippen LogP contribution is 2.87. The third-order valence-electron chi connectivity index (χ3n) is 7.93. The molecule has 0 N–H and O–H groups in total. The fourth-order valence-electron chi connectivity index (χ4n) is 5.70. The number of hydrogen-bond acceptors (Lipinski definition) is 5. The van der Waals surface area contributed by atoms with Crippen molar-refractivity contribution in [1.29, 1.82) is 0 Å². The molecule has 3 aromatic carbocycles. The van der Waals surface area contributed by atoms with Crippen LogP contribution in [0.15, 0.2) is 104 Å². The Morgan fingerprint density at radius 3 is 1.21 bits per heavy atom. The first-order chi connectivity index (χ1) is 22.3. The van der Waals surface area contributed by atoms with Gasteiger partial charge in [0.05, 0.1) is 11.4 Å². The van der Waals surface area contributed by atoms with Crippen LogP contribution in [0.5, 0.6) is 0 Å². The summed E-state index contributed by atoms with van der Waals surface area (Å²) in [5, 5.41) is 0. The van der Waals surface area contributed by atoms with Gasteiger partial charge in [0.15, 0.2) is 6.56 Å². The lowest BCUT2D eigenvalue weighted by Crippen LogP contribution is -2.26. The smallest absolute Gasteiger partial charge is 0.256 e. The van der Waals surface area contributed by atoms with E-state index in [0.717, 1.165) is 17.2 Å². The van der Waals surface area contributed by atoms with Gasteiger partial charge in [-0.1, -0.05) is 128 Å². The Morgan fingerprint density at radius 1 is 0.521 bits per heavy atom. The Hall–Kier alpha value is -1.12. The molecule has 0 saturated heterocycles. The molecule has 0 saturated carbocycles. The number of anilines is 2. The van der Waals surface area contributed by atoms with Crippen molar-refractivity contribution in [3.8, 4) is 0 Å². The van der Waals surface area contributed by atoms with Gasteiger partial charge in [0.2, 0.25) is 0 Å². The van der Waals surface area contributed by atoms with Crippen molar-refractivity contribution in [3.05, 3.63) is 119 Å². The van der Waals surface area contributed by atoms with Crippen molar-refractivity contribution in [1.82, 2.24) is 0 Å². The summed E-state index contributed by atoms with van der Waals surface area (Å²) in [7, 11) is 0. The third kappa shape index (κ3) is 9.60. The maximum atomic E-state index is 7.22. The van der Waals surface area contributed by atoms with E-state index in [2.05, 4.69) is 147 Å². The predicted octanol–water partition coefficient (Wildman–Crippen LogP) is 16.9. The molecule has 3 aromatic rings. The van der Waals surface area contributed by atoms with Crippen molar-refractivity contribution in [2.45, 2.75) is 86.0 Å². The summed E-state index contributed by atoms with van der Waals surface area (Å²) >= 11 is 33.3. The van der Waals surface area contributed by atoms with Crippen molar-refractivity contribution in [2.75, 3.05) is 9.80 Å². The summed E-state index contributed by atoms with van der Waals surface area (Å²) in [5.74, 6) is -2.68. The molecule has 0 bridgehead atoms. The first-order valence-electron chi connectivity index (χ1n) is 16.0. The van der Waals surface area contributed by atoms with Gasteiger partial charge in [-0.15, -0.1) is 0 Å².